The third-order valence-electron chi connectivity index (χ3n) is 3.56. The largest absolute Gasteiger partial charge is 0.327 e. The second-order valence-corrected chi connectivity index (χ2v) is 5.52. The molecule has 1 aromatic carbocycles. The molecule has 0 bridgehead atoms. The average molecular weight is 203 g/mol. The van der Waals surface area contributed by atoms with E-state index in [1.54, 1.807) is 0 Å². The van der Waals surface area contributed by atoms with Gasteiger partial charge in [0.2, 0.25) is 0 Å². The van der Waals surface area contributed by atoms with Gasteiger partial charge in [-0.2, -0.15) is 0 Å². The third-order valence-corrected chi connectivity index (χ3v) is 3.56. The van der Waals surface area contributed by atoms with E-state index in [1.165, 1.54) is 17.5 Å². The highest BCUT2D eigenvalue weighted by molar-refractivity contribution is 5.36. The SMILES string of the molecule is CC(C)Cc1ccc(C2(C)CC2N)cc1. The molecule has 2 N–H and O–H groups in total. The lowest BCUT2D eigenvalue weighted by molar-refractivity contribution is 0.646. The van der Waals surface area contributed by atoms with Crippen molar-refractivity contribution in [1.29, 1.82) is 0 Å². The van der Waals surface area contributed by atoms with Crippen LogP contribution in [0.5, 0.6) is 0 Å². The highest BCUT2D eigenvalue weighted by atomic mass is 14.8. The number of benzene rings is 1. The summed E-state index contributed by atoms with van der Waals surface area (Å²) in [6, 6.07) is 9.39. The molecule has 15 heavy (non-hydrogen) atoms. The van der Waals surface area contributed by atoms with Crippen LogP contribution in [0.1, 0.15) is 38.3 Å². The van der Waals surface area contributed by atoms with Gasteiger partial charge in [-0.25, -0.2) is 0 Å². The molecule has 0 amide bonds. The monoisotopic (exact) mass is 203 g/mol. The predicted molar refractivity (Wildman–Crippen MR) is 64.9 cm³/mol. The number of hydrogen-bond acceptors (Lipinski definition) is 1. The summed E-state index contributed by atoms with van der Waals surface area (Å²) in [5, 5.41) is 0. The predicted octanol–water partition coefficient (Wildman–Crippen LogP) is 2.87. The first kappa shape index (κ1) is 10.7. The Labute approximate surface area is 92.7 Å². The van der Waals surface area contributed by atoms with Gasteiger partial charge in [0.05, 0.1) is 0 Å². The van der Waals surface area contributed by atoms with E-state index in [9.17, 15) is 0 Å². The zero-order valence-corrected chi connectivity index (χ0v) is 9.96. The zero-order valence-electron chi connectivity index (χ0n) is 9.96. The van der Waals surface area contributed by atoms with E-state index in [4.69, 9.17) is 5.73 Å². The first-order valence-electron chi connectivity index (χ1n) is 5.87. The highest BCUT2D eigenvalue weighted by Gasteiger charge is 2.48. The van der Waals surface area contributed by atoms with Crippen LogP contribution in [0.4, 0.5) is 0 Å². The van der Waals surface area contributed by atoms with E-state index in [0.29, 0.717) is 6.04 Å². The summed E-state index contributed by atoms with van der Waals surface area (Å²) in [6.45, 7) is 6.77. The average Bonchev–Trinajstić information content (AvgIpc) is 2.76. The fraction of sp³-hybridized carbons (Fsp3) is 0.571. The molecule has 1 aromatic rings. The first-order valence-corrected chi connectivity index (χ1v) is 5.87. The molecule has 1 aliphatic carbocycles. The molecule has 1 fully saturated rings. The quantitative estimate of drug-likeness (QED) is 0.803. The van der Waals surface area contributed by atoms with E-state index < -0.39 is 0 Å². The smallest absolute Gasteiger partial charge is 0.0143 e. The summed E-state index contributed by atoms with van der Waals surface area (Å²) in [5.41, 5.74) is 9.05. The molecule has 0 saturated heterocycles. The van der Waals surface area contributed by atoms with Crippen molar-refractivity contribution < 1.29 is 0 Å². The van der Waals surface area contributed by atoms with Crippen LogP contribution < -0.4 is 5.73 Å². The lowest BCUT2D eigenvalue weighted by Crippen LogP contribution is -2.14. The van der Waals surface area contributed by atoms with Crippen molar-refractivity contribution in [2.24, 2.45) is 11.7 Å². The Morgan fingerprint density at radius 2 is 1.87 bits per heavy atom. The van der Waals surface area contributed by atoms with Gasteiger partial charge < -0.3 is 5.73 Å². The van der Waals surface area contributed by atoms with Gasteiger partial charge in [0.1, 0.15) is 0 Å². The van der Waals surface area contributed by atoms with Crippen LogP contribution in [0.25, 0.3) is 0 Å². The maximum absolute atomic E-state index is 5.95. The van der Waals surface area contributed by atoms with Crippen LogP contribution in [-0.4, -0.2) is 6.04 Å². The van der Waals surface area contributed by atoms with Crippen molar-refractivity contribution in [2.45, 2.75) is 45.1 Å². The summed E-state index contributed by atoms with van der Waals surface area (Å²) in [7, 11) is 0. The summed E-state index contributed by atoms with van der Waals surface area (Å²) in [6.07, 6.45) is 2.31. The Morgan fingerprint density at radius 1 is 1.33 bits per heavy atom. The molecule has 82 valence electrons. The zero-order chi connectivity index (χ0) is 11.1. The fourth-order valence-corrected chi connectivity index (χ4v) is 2.22. The lowest BCUT2D eigenvalue weighted by Gasteiger charge is -2.11. The van der Waals surface area contributed by atoms with E-state index in [0.717, 1.165) is 12.3 Å². The molecule has 0 spiro atoms. The Balaban J connectivity index is 2.11. The van der Waals surface area contributed by atoms with Crippen LogP contribution in [0.15, 0.2) is 24.3 Å². The molecular weight excluding hydrogens is 182 g/mol. The molecule has 2 rings (SSSR count). The summed E-state index contributed by atoms with van der Waals surface area (Å²) in [4.78, 5) is 0. The standard InChI is InChI=1S/C14H21N/c1-10(2)8-11-4-6-12(7-5-11)14(3)9-13(14)15/h4-7,10,13H,8-9,15H2,1-3H3. The van der Waals surface area contributed by atoms with Crippen molar-refractivity contribution in [1.82, 2.24) is 0 Å². The normalized spacial score (nSPS) is 29.5. The van der Waals surface area contributed by atoms with E-state index >= 15 is 0 Å². The van der Waals surface area contributed by atoms with Crippen molar-refractivity contribution in [3.63, 3.8) is 0 Å². The summed E-state index contributed by atoms with van der Waals surface area (Å²) >= 11 is 0. The van der Waals surface area contributed by atoms with Gasteiger partial charge >= 0.3 is 0 Å². The molecule has 0 aromatic heterocycles. The molecule has 1 aliphatic rings. The molecule has 1 heteroatoms. The van der Waals surface area contributed by atoms with Crippen LogP contribution in [0.2, 0.25) is 0 Å². The van der Waals surface area contributed by atoms with Crippen LogP contribution in [-0.2, 0) is 11.8 Å². The Hall–Kier alpha value is -0.820. The van der Waals surface area contributed by atoms with Crippen molar-refractivity contribution in [3.05, 3.63) is 35.4 Å². The van der Waals surface area contributed by atoms with Crippen molar-refractivity contribution in [2.75, 3.05) is 0 Å². The van der Waals surface area contributed by atoms with Crippen LogP contribution in [0.3, 0.4) is 0 Å². The second kappa shape index (κ2) is 3.64. The van der Waals surface area contributed by atoms with Gasteiger partial charge in [0.15, 0.2) is 0 Å². The minimum atomic E-state index is 0.260. The molecule has 1 nitrogen and oxygen atoms in total. The van der Waals surface area contributed by atoms with Gasteiger partial charge in [-0.3, -0.25) is 0 Å². The van der Waals surface area contributed by atoms with Crippen LogP contribution >= 0.6 is 0 Å². The molecule has 0 aliphatic heterocycles. The molecule has 0 radical (unpaired) electrons. The Morgan fingerprint density at radius 3 is 2.27 bits per heavy atom. The molecular formula is C14H21N. The van der Waals surface area contributed by atoms with Gasteiger partial charge in [-0.1, -0.05) is 45.0 Å². The third kappa shape index (κ3) is 2.07. The fourth-order valence-electron chi connectivity index (χ4n) is 2.22. The molecule has 0 heterocycles. The number of hydrogen-bond donors (Lipinski definition) is 1. The van der Waals surface area contributed by atoms with Gasteiger partial charge in [-0.15, -0.1) is 0 Å². The maximum atomic E-state index is 5.95. The topological polar surface area (TPSA) is 26.0 Å². The summed E-state index contributed by atoms with van der Waals surface area (Å²) < 4.78 is 0. The summed E-state index contributed by atoms with van der Waals surface area (Å²) in [5.74, 6) is 0.731. The maximum Gasteiger partial charge on any atom is 0.0143 e. The Bertz CT molecular complexity index is 339. The van der Waals surface area contributed by atoms with Crippen LogP contribution in [0, 0.1) is 5.92 Å². The minimum Gasteiger partial charge on any atom is -0.327 e. The van der Waals surface area contributed by atoms with E-state index in [2.05, 4.69) is 45.0 Å². The van der Waals surface area contributed by atoms with Gasteiger partial charge in [0.25, 0.3) is 0 Å². The van der Waals surface area contributed by atoms with E-state index in [-0.39, 0.29) is 5.41 Å². The molecule has 2 atom stereocenters. The van der Waals surface area contributed by atoms with Gasteiger partial charge in [-0.05, 0) is 29.9 Å². The number of nitrogens with two attached hydrogens (primary N) is 1. The second-order valence-electron chi connectivity index (χ2n) is 5.52. The Kier molecular flexibility index (Phi) is 2.59. The molecule has 1 saturated carbocycles. The number of rotatable bonds is 3. The van der Waals surface area contributed by atoms with Crippen molar-refractivity contribution >= 4 is 0 Å². The van der Waals surface area contributed by atoms with E-state index in [1.807, 2.05) is 0 Å². The van der Waals surface area contributed by atoms with Crippen molar-refractivity contribution in [3.8, 4) is 0 Å². The molecule has 2 unspecified atom stereocenters. The highest BCUT2D eigenvalue weighted by Crippen LogP contribution is 2.46. The lowest BCUT2D eigenvalue weighted by atomic mass is 9.94. The minimum absolute atomic E-state index is 0.260. The first-order chi connectivity index (χ1) is 7.02. The van der Waals surface area contributed by atoms with Gasteiger partial charge in [0, 0.05) is 11.5 Å².